The molecule has 1 fully saturated rings. The molecule has 7 heteroatoms. The lowest BCUT2D eigenvalue weighted by atomic mass is 9.89. The van der Waals surface area contributed by atoms with Gasteiger partial charge in [0.1, 0.15) is 11.5 Å². The van der Waals surface area contributed by atoms with Crippen LogP contribution in [0.5, 0.6) is 11.5 Å². The fourth-order valence-electron chi connectivity index (χ4n) is 3.19. The van der Waals surface area contributed by atoms with Gasteiger partial charge in [-0.15, -0.1) is 13.2 Å². The quantitative estimate of drug-likeness (QED) is 0.875. The Morgan fingerprint density at radius 1 is 1.21 bits per heavy atom. The summed E-state index contributed by atoms with van der Waals surface area (Å²) in [5, 5.41) is 13.9. The largest absolute Gasteiger partial charge is 0.573 e. The van der Waals surface area contributed by atoms with Crippen LogP contribution in [0.25, 0.3) is 11.1 Å². The van der Waals surface area contributed by atoms with E-state index in [1.807, 2.05) is 0 Å². The number of hydrogen-bond acceptors (Lipinski definition) is 3. The molecule has 2 aromatic rings. The van der Waals surface area contributed by atoms with Crippen LogP contribution < -0.4 is 4.74 Å². The van der Waals surface area contributed by atoms with Crippen molar-refractivity contribution in [3.05, 3.63) is 30.6 Å². The Hall–Kier alpha value is -2.18. The van der Waals surface area contributed by atoms with Crippen molar-refractivity contribution >= 4 is 0 Å². The van der Waals surface area contributed by atoms with E-state index in [-0.39, 0.29) is 17.1 Å². The molecule has 0 aliphatic heterocycles. The molecule has 0 bridgehead atoms. The molecule has 1 saturated carbocycles. The van der Waals surface area contributed by atoms with E-state index in [0.29, 0.717) is 11.5 Å². The minimum absolute atomic E-state index is 0.125. The van der Waals surface area contributed by atoms with E-state index in [1.54, 1.807) is 10.9 Å². The molecule has 0 amide bonds. The number of hydrogen-bond donors (Lipinski definition) is 1. The first-order valence-electron chi connectivity index (χ1n) is 8.02. The number of nitrogens with zero attached hydrogens (tertiary/aromatic N) is 2. The molecule has 24 heavy (non-hydrogen) atoms. The summed E-state index contributed by atoms with van der Waals surface area (Å²) in [4.78, 5) is 0. The summed E-state index contributed by atoms with van der Waals surface area (Å²) in [6.07, 6.45) is 4.43. The summed E-state index contributed by atoms with van der Waals surface area (Å²) in [7, 11) is 0. The topological polar surface area (TPSA) is 47.3 Å². The Labute approximate surface area is 137 Å². The van der Waals surface area contributed by atoms with Gasteiger partial charge in [0, 0.05) is 23.9 Å². The van der Waals surface area contributed by atoms with E-state index in [4.69, 9.17) is 0 Å². The summed E-state index contributed by atoms with van der Waals surface area (Å²) in [6.45, 7) is 0.758. The maximum atomic E-state index is 12.5. The van der Waals surface area contributed by atoms with E-state index < -0.39 is 6.36 Å². The maximum absolute atomic E-state index is 12.5. The Balaban J connectivity index is 1.82. The van der Waals surface area contributed by atoms with Crippen molar-refractivity contribution in [1.29, 1.82) is 0 Å². The molecule has 3 rings (SSSR count). The third-order valence-corrected chi connectivity index (χ3v) is 4.30. The molecule has 1 aromatic heterocycles. The fourth-order valence-corrected chi connectivity index (χ4v) is 3.19. The highest BCUT2D eigenvalue weighted by Gasteiger charge is 2.32. The zero-order chi connectivity index (χ0) is 17.2. The van der Waals surface area contributed by atoms with Gasteiger partial charge in [-0.2, -0.15) is 5.10 Å². The molecule has 0 saturated heterocycles. The minimum Gasteiger partial charge on any atom is -0.508 e. The van der Waals surface area contributed by atoms with Crippen molar-refractivity contribution in [3.63, 3.8) is 0 Å². The number of ether oxygens (including phenoxy) is 1. The number of rotatable bonds is 4. The molecule has 0 spiro atoms. The van der Waals surface area contributed by atoms with Gasteiger partial charge in [0.2, 0.25) is 0 Å². The molecule has 1 aliphatic rings. The second kappa shape index (κ2) is 6.75. The zero-order valence-corrected chi connectivity index (χ0v) is 13.1. The molecule has 1 heterocycles. The second-order valence-electron chi connectivity index (χ2n) is 6.18. The average molecular weight is 340 g/mol. The smallest absolute Gasteiger partial charge is 0.508 e. The highest BCUT2D eigenvalue weighted by Crippen LogP contribution is 2.36. The van der Waals surface area contributed by atoms with E-state index in [1.165, 1.54) is 31.5 Å². The normalized spacial score (nSPS) is 16.3. The van der Waals surface area contributed by atoms with Crippen LogP contribution in [0, 0.1) is 5.92 Å². The molecule has 4 nitrogen and oxygen atoms in total. The van der Waals surface area contributed by atoms with Crippen molar-refractivity contribution in [2.45, 2.75) is 45.0 Å². The Kier molecular flexibility index (Phi) is 4.69. The number of phenols is 1. The Morgan fingerprint density at radius 3 is 2.67 bits per heavy atom. The minimum atomic E-state index is -4.79. The molecule has 1 aromatic carbocycles. The van der Waals surface area contributed by atoms with Gasteiger partial charge in [-0.25, -0.2) is 0 Å². The summed E-state index contributed by atoms with van der Waals surface area (Å²) in [5.74, 6) is 0.0821. The van der Waals surface area contributed by atoms with E-state index in [2.05, 4.69) is 9.84 Å². The van der Waals surface area contributed by atoms with Crippen LogP contribution >= 0.6 is 0 Å². The lowest BCUT2D eigenvalue weighted by Gasteiger charge is -2.21. The van der Waals surface area contributed by atoms with Crippen LogP contribution in [0.2, 0.25) is 0 Å². The Bertz CT molecular complexity index is 691. The van der Waals surface area contributed by atoms with Gasteiger partial charge in [0.15, 0.2) is 0 Å². The molecule has 0 radical (unpaired) electrons. The predicted octanol–water partition coefficient (Wildman–Crippen LogP) is 4.73. The molecule has 130 valence electrons. The highest BCUT2D eigenvalue weighted by atomic mass is 19.4. The van der Waals surface area contributed by atoms with Gasteiger partial charge >= 0.3 is 6.36 Å². The number of alkyl halides is 3. The Morgan fingerprint density at radius 2 is 1.96 bits per heavy atom. The fraction of sp³-hybridized carbons (Fsp3) is 0.471. The van der Waals surface area contributed by atoms with Gasteiger partial charge in [-0.05, 0) is 37.0 Å². The standard InChI is InChI=1S/C17H19F3N2O2/c18-17(19,20)24-16-7-6-14(23)8-15(16)13-9-21-22(11-13)10-12-4-2-1-3-5-12/h6-9,11-12,23H,1-5,10H2. The van der Waals surface area contributed by atoms with Crippen molar-refractivity contribution < 1.29 is 23.0 Å². The summed E-state index contributed by atoms with van der Waals surface area (Å²) in [6, 6.07) is 3.52. The second-order valence-corrected chi connectivity index (χ2v) is 6.18. The predicted molar refractivity (Wildman–Crippen MR) is 82.6 cm³/mol. The van der Waals surface area contributed by atoms with Gasteiger partial charge in [0.25, 0.3) is 0 Å². The maximum Gasteiger partial charge on any atom is 0.573 e. The molecular formula is C17H19F3N2O2. The van der Waals surface area contributed by atoms with E-state index in [9.17, 15) is 18.3 Å². The summed E-state index contributed by atoms with van der Waals surface area (Å²) >= 11 is 0. The van der Waals surface area contributed by atoms with Crippen molar-refractivity contribution in [2.75, 3.05) is 0 Å². The van der Waals surface area contributed by atoms with Crippen molar-refractivity contribution in [2.24, 2.45) is 5.92 Å². The number of benzene rings is 1. The van der Waals surface area contributed by atoms with Gasteiger partial charge in [-0.1, -0.05) is 19.3 Å². The SMILES string of the molecule is Oc1ccc(OC(F)(F)F)c(-c2cnn(CC3CCCCC3)c2)c1. The zero-order valence-electron chi connectivity index (χ0n) is 13.1. The first-order valence-corrected chi connectivity index (χ1v) is 8.02. The van der Waals surface area contributed by atoms with Crippen molar-refractivity contribution in [3.8, 4) is 22.6 Å². The monoisotopic (exact) mass is 340 g/mol. The number of aromatic nitrogens is 2. The highest BCUT2D eigenvalue weighted by molar-refractivity contribution is 5.70. The third kappa shape index (κ3) is 4.21. The molecular weight excluding hydrogens is 321 g/mol. The van der Waals surface area contributed by atoms with Crippen LogP contribution in [0.1, 0.15) is 32.1 Å². The molecule has 1 aliphatic carbocycles. The lowest BCUT2D eigenvalue weighted by molar-refractivity contribution is -0.274. The van der Waals surface area contributed by atoms with Gasteiger partial charge in [0.05, 0.1) is 6.20 Å². The van der Waals surface area contributed by atoms with Crippen LogP contribution in [0.15, 0.2) is 30.6 Å². The first-order chi connectivity index (χ1) is 11.4. The molecule has 1 N–H and O–H groups in total. The van der Waals surface area contributed by atoms with Crippen molar-refractivity contribution in [1.82, 2.24) is 9.78 Å². The lowest BCUT2D eigenvalue weighted by Crippen LogP contribution is -2.17. The first kappa shape index (κ1) is 16.7. The van der Waals surface area contributed by atoms with Gasteiger partial charge in [-0.3, -0.25) is 4.68 Å². The molecule has 0 atom stereocenters. The number of aromatic hydroxyl groups is 1. The van der Waals surface area contributed by atoms with Crippen LogP contribution in [-0.4, -0.2) is 21.2 Å². The molecule has 0 unspecified atom stereocenters. The summed E-state index contributed by atoms with van der Waals surface area (Å²) in [5.41, 5.74) is 0.656. The van der Waals surface area contributed by atoms with Gasteiger partial charge < -0.3 is 9.84 Å². The summed E-state index contributed by atoms with van der Waals surface area (Å²) < 4.78 is 43.4. The number of halogens is 3. The van der Waals surface area contributed by atoms with Crippen LogP contribution in [-0.2, 0) is 6.54 Å². The number of phenolic OH excluding ortho intramolecular Hbond substituents is 1. The van der Waals surface area contributed by atoms with E-state index >= 15 is 0 Å². The average Bonchev–Trinajstić information content (AvgIpc) is 2.97. The van der Waals surface area contributed by atoms with Crippen LogP contribution in [0.3, 0.4) is 0 Å². The third-order valence-electron chi connectivity index (χ3n) is 4.30. The van der Waals surface area contributed by atoms with E-state index in [0.717, 1.165) is 31.5 Å². The van der Waals surface area contributed by atoms with Crippen LogP contribution in [0.4, 0.5) is 13.2 Å².